The van der Waals surface area contributed by atoms with Gasteiger partial charge in [0, 0.05) is 36.2 Å². The van der Waals surface area contributed by atoms with Crippen LogP contribution in [0, 0.1) is 0 Å². The van der Waals surface area contributed by atoms with E-state index < -0.39 is 0 Å². The van der Waals surface area contributed by atoms with Gasteiger partial charge in [-0.25, -0.2) is 0 Å². The van der Waals surface area contributed by atoms with Crippen LogP contribution < -0.4 is 10.6 Å². The Morgan fingerprint density at radius 3 is 3.00 bits per heavy atom. The molecule has 1 saturated heterocycles. The SMILES string of the molecule is O=C1CCCCCN1CCCNC(=S)Nc1cccc(Br)c1. The molecule has 2 N–H and O–H groups in total. The molecule has 0 spiro atoms. The molecule has 120 valence electrons. The Kier molecular flexibility index (Phi) is 7.12. The van der Waals surface area contributed by atoms with Crippen molar-refractivity contribution in [1.82, 2.24) is 10.2 Å². The van der Waals surface area contributed by atoms with Crippen molar-refractivity contribution in [3.63, 3.8) is 0 Å². The summed E-state index contributed by atoms with van der Waals surface area (Å²) in [4.78, 5) is 13.9. The molecule has 0 atom stereocenters. The number of carbonyl (C=O) groups is 1. The summed E-state index contributed by atoms with van der Waals surface area (Å²) in [5.74, 6) is 0.298. The molecule has 1 aromatic rings. The van der Waals surface area contributed by atoms with E-state index in [1.807, 2.05) is 29.2 Å². The fourth-order valence-electron chi connectivity index (χ4n) is 2.49. The lowest BCUT2D eigenvalue weighted by molar-refractivity contribution is -0.130. The number of rotatable bonds is 5. The van der Waals surface area contributed by atoms with Crippen LogP contribution >= 0.6 is 28.1 Å². The molecule has 6 heteroatoms. The van der Waals surface area contributed by atoms with E-state index in [0.29, 0.717) is 17.4 Å². The van der Waals surface area contributed by atoms with Gasteiger partial charge in [-0.2, -0.15) is 0 Å². The summed E-state index contributed by atoms with van der Waals surface area (Å²) in [7, 11) is 0. The third kappa shape index (κ3) is 5.93. The average Bonchev–Trinajstić information content (AvgIpc) is 2.68. The van der Waals surface area contributed by atoms with Crippen molar-refractivity contribution in [3.8, 4) is 0 Å². The normalized spacial score (nSPS) is 15.3. The lowest BCUT2D eigenvalue weighted by atomic mass is 10.2. The molecule has 1 fully saturated rings. The first-order valence-corrected chi connectivity index (χ1v) is 8.93. The van der Waals surface area contributed by atoms with Crippen molar-refractivity contribution in [1.29, 1.82) is 0 Å². The molecule has 0 radical (unpaired) electrons. The van der Waals surface area contributed by atoms with Gasteiger partial charge in [0.25, 0.3) is 0 Å². The maximum Gasteiger partial charge on any atom is 0.222 e. The van der Waals surface area contributed by atoms with Crippen molar-refractivity contribution >= 4 is 44.9 Å². The van der Waals surface area contributed by atoms with Gasteiger partial charge in [0.15, 0.2) is 5.11 Å². The summed E-state index contributed by atoms with van der Waals surface area (Å²) < 4.78 is 1.01. The number of benzene rings is 1. The molecule has 0 bridgehead atoms. The average molecular weight is 384 g/mol. The van der Waals surface area contributed by atoms with Crippen LogP contribution in [0.15, 0.2) is 28.7 Å². The highest BCUT2D eigenvalue weighted by molar-refractivity contribution is 9.10. The molecule has 4 nitrogen and oxygen atoms in total. The fourth-order valence-corrected chi connectivity index (χ4v) is 3.11. The zero-order valence-corrected chi connectivity index (χ0v) is 15.0. The van der Waals surface area contributed by atoms with Crippen molar-refractivity contribution in [3.05, 3.63) is 28.7 Å². The third-order valence-electron chi connectivity index (χ3n) is 3.64. The third-order valence-corrected chi connectivity index (χ3v) is 4.38. The molecule has 1 heterocycles. The van der Waals surface area contributed by atoms with Gasteiger partial charge in [0.1, 0.15) is 0 Å². The predicted molar refractivity (Wildman–Crippen MR) is 98.0 cm³/mol. The molecule has 0 unspecified atom stereocenters. The lowest BCUT2D eigenvalue weighted by Gasteiger charge is -2.20. The molecule has 0 saturated carbocycles. The molecule has 0 aromatic heterocycles. The summed E-state index contributed by atoms with van der Waals surface area (Å²) >= 11 is 8.71. The highest BCUT2D eigenvalue weighted by atomic mass is 79.9. The van der Waals surface area contributed by atoms with Gasteiger partial charge in [-0.15, -0.1) is 0 Å². The zero-order chi connectivity index (χ0) is 15.8. The number of halogens is 1. The smallest absolute Gasteiger partial charge is 0.222 e. The van der Waals surface area contributed by atoms with Gasteiger partial charge in [-0.05, 0) is 49.7 Å². The number of amides is 1. The van der Waals surface area contributed by atoms with Gasteiger partial charge in [-0.3, -0.25) is 4.79 Å². The van der Waals surface area contributed by atoms with Crippen molar-refractivity contribution in [2.75, 3.05) is 25.0 Å². The number of nitrogens with one attached hydrogen (secondary N) is 2. The Morgan fingerprint density at radius 2 is 2.18 bits per heavy atom. The predicted octanol–water partition coefficient (Wildman–Crippen LogP) is 3.53. The molecule has 1 amide bonds. The number of likely N-dealkylation sites (tertiary alicyclic amines) is 1. The summed E-state index contributed by atoms with van der Waals surface area (Å²) in [6, 6.07) is 7.87. The van der Waals surface area contributed by atoms with E-state index in [1.165, 1.54) is 6.42 Å². The number of nitrogens with zero attached hydrogens (tertiary/aromatic N) is 1. The molecular weight excluding hydrogens is 362 g/mol. The quantitative estimate of drug-likeness (QED) is 0.602. The number of hydrogen-bond acceptors (Lipinski definition) is 2. The Bertz CT molecular complexity index is 524. The summed E-state index contributed by atoms with van der Waals surface area (Å²) in [5, 5.41) is 6.95. The summed E-state index contributed by atoms with van der Waals surface area (Å²) in [6.07, 6.45) is 4.94. The molecule has 1 aliphatic heterocycles. The van der Waals surface area contributed by atoms with Crippen LogP contribution in [-0.2, 0) is 4.79 Å². The molecule has 0 aliphatic carbocycles. The van der Waals surface area contributed by atoms with Crippen LogP contribution in [-0.4, -0.2) is 35.6 Å². The summed E-state index contributed by atoms with van der Waals surface area (Å²) in [6.45, 7) is 2.48. The van der Waals surface area contributed by atoms with E-state index >= 15 is 0 Å². The van der Waals surface area contributed by atoms with E-state index in [2.05, 4.69) is 26.6 Å². The Labute approximate surface area is 145 Å². The standard InChI is InChI=1S/C16H22BrN3OS/c17-13-6-4-7-14(12-13)19-16(22)18-9-5-11-20-10-3-1-2-8-15(20)21/h4,6-7,12H,1-3,5,8-11H2,(H2,18,19,22). The number of thiocarbonyl (C=S) groups is 1. The second-order valence-corrected chi connectivity index (χ2v) is 6.76. The van der Waals surface area contributed by atoms with Crippen LogP contribution in [0.4, 0.5) is 5.69 Å². The fraction of sp³-hybridized carbons (Fsp3) is 0.500. The van der Waals surface area contributed by atoms with Gasteiger partial charge >= 0.3 is 0 Å². The highest BCUT2D eigenvalue weighted by Gasteiger charge is 2.15. The second kappa shape index (κ2) is 9.10. The van der Waals surface area contributed by atoms with Crippen molar-refractivity contribution in [2.45, 2.75) is 32.1 Å². The van der Waals surface area contributed by atoms with Gasteiger partial charge in [-0.1, -0.05) is 28.4 Å². The first-order valence-electron chi connectivity index (χ1n) is 7.73. The van der Waals surface area contributed by atoms with Crippen molar-refractivity contribution in [2.24, 2.45) is 0 Å². The van der Waals surface area contributed by atoms with Gasteiger partial charge in [0.05, 0.1) is 0 Å². The van der Waals surface area contributed by atoms with Gasteiger partial charge in [0.2, 0.25) is 5.91 Å². The molecule has 1 aliphatic rings. The van der Waals surface area contributed by atoms with Crippen LogP contribution in [0.5, 0.6) is 0 Å². The van der Waals surface area contributed by atoms with E-state index in [-0.39, 0.29) is 0 Å². The number of carbonyl (C=O) groups excluding carboxylic acids is 1. The van der Waals surface area contributed by atoms with Crippen LogP contribution in [0.3, 0.4) is 0 Å². The zero-order valence-electron chi connectivity index (χ0n) is 12.6. The van der Waals surface area contributed by atoms with Gasteiger partial charge < -0.3 is 15.5 Å². The van der Waals surface area contributed by atoms with E-state index in [4.69, 9.17) is 12.2 Å². The molecule has 22 heavy (non-hydrogen) atoms. The number of hydrogen-bond donors (Lipinski definition) is 2. The first kappa shape index (κ1) is 17.2. The minimum atomic E-state index is 0.298. The topological polar surface area (TPSA) is 44.4 Å². The monoisotopic (exact) mass is 383 g/mol. The summed E-state index contributed by atoms with van der Waals surface area (Å²) in [5.41, 5.74) is 0.953. The van der Waals surface area contributed by atoms with Crippen LogP contribution in [0.2, 0.25) is 0 Å². The molecular formula is C16H22BrN3OS. The Hall–Kier alpha value is -1.14. The van der Waals surface area contributed by atoms with E-state index in [0.717, 1.165) is 49.1 Å². The largest absolute Gasteiger partial charge is 0.362 e. The second-order valence-electron chi connectivity index (χ2n) is 5.44. The Morgan fingerprint density at radius 1 is 1.32 bits per heavy atom. The first-order chi connectivity index (χ1) is 10.6. The minimum absolute atomic E-state index is 0.298. The highest BCUT2D eigenvalue weighted by Crippen LogP contribution is 2.15. The van der Waals surface area contributed by atoms with Crippen LogP contribution in [0.25, 0.3) is 0 Å². The Balaban J connectivity index is 1.65. The van der Waals surface area contributed by atoms with Crippen LogP contribution in [0.1, 0.15) is 32.1 Å². The number of anilines is 1. The minimum Gasteiger partial charge on any atom is -0.362 e. The molecule has 2 rings (SSSR count). The van der Waals surface area contributed by atoms with Crippen molar-refractivity contribution < 1.29 is 4.79 Å². The lowest BCUT2D eigenvalue weighted by Crippen LogP contribution is -2.35. The maximum atomic E-state index is 11.9. The maximum absolute atomic E-state index is 11.9. The molecule has 1 aromatic carbocycles. The van der Waals surface area contributed by atoms with E-state index in [1.54, 1.807) is 0 Å². The van der Waals surface area contributed by atoms with E-state index in [9.17, 15) is 4.79 Å².